The van der Waals surface area contributed by atoms with E-state index in [2.05, 4.69) is 25.0 Å². The molecule has 3 aromatic rings. The quantitative estimate of drug-likeness (QED) is 0.624. The Kier molecular flexibility index (Phi) is 5.27. The Morgan fingerprint density at radius 2 is 2.00 bits per heavy atom. The summed E-state index contributed by atoms with van der Waals surface area (Å²) in [6.07, 6.45) is 5.07. The Labute approximate surface area is 162 Å². The number of ether oxygens (including phenoxy) is 1. The molecule has 0 atom stereocenters. The molecule has 144 valence electrons. The molecule has 8 heteroatoms. The van der Waals surface area contributed by atoms with Crippen molar-refractivity contribution in [3.8, 4) is 11.5 Å². The average Bonchev–Trinajstić information content (AvgIpc) is 3.25. The van der Waals surface area contributed by atoms with Gasteiger partial charge < -0.3 is 14.2 Å². The van der Waals surface area contributed by atoms with Gasteiger partial charge in [0.1, 0.15) is 17.1 Å². The van der Waals surface area contributed by atoms with Crippen LogP contribution in [0.4, 0.5) is 5.82 Å². The van der Waals surface area contributed by atoms with E-state index >= 15 is 0 Å². The molecule has 0 unspecified atom stereocenters. The molecule has 1 aliphatic rings. The lowest BCUT2D eigenvalue weighted by atomic mass is 9.96. The van der Waals surface area contributed by atoms with Crippen molar-refractivity contribution in [3.05, 3.63) is 54.2 Å². The van der Waals surface area contributed by atoms with E-state index in [-0.39, 0.29) is 11.9 Å². The standard InChI is InChI=1S/C20H21N5O3/c1-2-27-20(26)15-6-5-11-22-18(15)25-12-8-14(9-13-25)19-23-17(24-28-19)16-7-3-4-10-21-16/h3-7,10-11,14H,2,8-9,12-13H2,1H3. The number of aromatic nitrogens is 4. The monoisotopic (exact) mass is 379 g/mol. The van der Waals surface area contributed by atoms with Crippen molar-refractivity contribution in [2.24, 2.45) is 0 Å². The summed E-state index contributed by atoms with van der Waals surface area (Å²) < 4.78 is 10.6. The zero-order valence-electron chi connectivity index (χ0n) is 15.6. The molecular formula is C20H21N5O3. The number of esters is 1. The van der Waals surface area contributed by atoms with Crippen molar-refractivity contribution in [2.45, 2.75) is 25.7 Å². The second-order valence-electron chi connectivity index (χ2n) is 6.53. The summed E-state index contributed by atoms with van der Waals surface area (Å²) >= 11 is 0. The highest BCUT2D eigenvalue weighted by Crippen LogP contribution is 2.31. The molecule has 0 bridgehead atoms. The lowest BCUT2D eigenvalue weighted by molar-refractivity contribution is 0.0526. The number of rotatable bonds is 5. The van der Waals surface area contributed by atoms with Gasteiger partial charge in [-0.3, -0.25) is 4.98 Å². The first kappa shape index (κ1) is 18.1. The third-order valence-electron chi connectivity index (χ3n) is 4.76. The number of carbonyl (C=O) groups excluding carboxylic acids is 1. The van der Waals surface area contributed by atoms with E-state index in [0.717, 1.165) is 25.9 Å². The minimum Gasteiger partial charge on any atom is -0.462 e. The van der Waals surface area contributed by atoms with Gasteiger partial charge in [0.15, 0.2) is 0 Å². The predicted molar refractivity (Wildman–Crippen MR) is 102 cm³/mol. The van der Waals surface area contributed by atoms with Gasteiger partial charge in [0, 0.05) is 31.4 Å². The van der Waals surface area contributed by atoms with Crippen LogP contribution in [-0.4, -0.2) is 45.8 Å². The molecule has 3 aromatic heterocycles. The van der Waals surface area contributed by atoms with E-state index in [1.165, 1.54) is 0 Å². The summed E-state index contributed by atoms with van der Waals surface area (Å²) in [7, 11) is 0. The third kappa shape index (κ3) is 3.71. The maximum atomic E-state index is 12.2. The smallest absolute Gasteiger partial charge is 0.341 e. The summed E-state index contributed by atoms with van der Waals surface area (Å²) in [5.41, 5.74) is 1.19. The van der Waals surface area contributed by atoms with Crippen molar-refractivity contribution < 1.29 is 14.1 Å². The topological polar surface area (TPSA) is 94.2 Å². The van der Waals surface area contributed by atoms with Crippen molar-refractivity contribution in [1.82, 2.24) is 20.1 Å². The molecule has 1 aliphatic heterocycles. The largest absolute Gasteiger partial charge is 0.462 e. The molecule has 0 saturated carbocycles. The van der Waals surface area contributed by atoms with E-state index in [4.69, 9.17) is 9.26 Å². The number of anilines is 1. The van der Waals surface area contributed by atoms with Gasteiger partial charge in [0.25, 0.3) is 0 Å². The summed E-state index contributed by atoms with van der Waals surface area (Å²) in [6, 6.07) is 9.10. The van der Waals surface area contributed by atoms with Crippen LogP contribution in [0.1, 0.15) is 41.9 Å². The lowest BCUT2D eigenvalue weighted by Gasteiger charge is -2.32. The van der Waals surface area contributed by atoms with Crippen molar-refractivity contribution in [2.75, 3.05) is 24.6 Å². The van der Waals surface area contributed by atoms with Gasteiger partial charge >= 0.3 is 5.97 Å². The van der Waals surface area contributed by atoms with Crippen LogP contribution in [0.5, 0.6) is 0 Å². The van der Waals surface area contributed by atoms with Crippen LogP contribution in [0.2, 0.25) is 0 Å². The summed E-state index contributed by atoms with van der Waals surface area (Å²) in [6.45, 7) is 3.62. The van der Waals surface area contributed by atoms with Crippen molar-refractivity contribution >= 4 is 11.8 Å². The van der Waals surface area contributed by atoms with Gasteiger partial charge in [-0.2, -0.15) is 4.98 Å². The Hall–Kier alpha value is -3.29. The van der Waals surface area contributed by atoms with E-state index < -0.39 is 0 Å². The number of carbonyl (C=O) groups is 1. The third-order valence-corrected chi connectivity index (χ3v) is 4.76. The van der Waals surface area contributed by atoms with Crippen LogP contribution < -0.4 is 4.90 Å². The Morgan fingerprint density at radius 3 is 2.75 bits per heavy atom. The SMILES string of the molecule is CCOC(=O)c1cccnc1N1CCC(c2nc(-c3ccccn3)no2)CC1. The van der Waals surface area contributed by atoms with Crippen LogP contribution in [0, 0.1) is 0 Å². The Morgan fingerprint density at radius 1 is 1.18 bits per heavy atom. The molecule has 1 fully saturated rings. The summed E-state index contributed by atoms with van der Waals surface area (Å²) in [5, 5.41) is 4.06. The van der Waals surface area contributed by atoms with Gasteiger partial charge in [-0.05, 0) is 44.0 Å². The van der Waals surface area contributed by atoms with Crippen molar-refractivity contribution in [1.29, 1.82) is 0 Å². The van der Waals surface area contributed by atoms with Gasteiger partial charge in [-0.15, -0.1) is 0 Å². The molecule has 1 saturated heterocycles. The number of nitrogens with zero attached hydrogens (tertiary/aromatic N) is 5. The molecule has 28 heavy (non-hydrogen) atoms. The molecule has 0 spiro atoms. The fraction of sp³-hybridized carbons (Fsp3) is 0.350. The van der Waals surface area contributed by atoms with E-state index in [1.54, 1.807) is 31.5 Å². The van der Waals surface area contributed by atoms with Crippen LogP contribution in [0.3, 0.4) is 0 Å². The molecule has 0 amide bonds. The highest BCUT2D eigenvalue weighted by molar-refractivity contribution is 5.94. The van der Waals surface area contributed by atoms with E-state index in [1.807, 2.05) is 18.2 Å². The van der Waals surface area contributed by atoms with Gasteiger partial charge in [-0.1, -0.05) is 11.2 Å². The zero-order chi connectivity index (χ0) is 19.3. The van der Waals surface area contributed by atoms with Gasteiger partial charge in [0.05, 0.1) is 6.61 Å². The fourth-order valence-electron chi connectivity index (χ4n) is 3.36. The lowest BCUT2D eigenvalue weighted by Crippen LogP contribution is -2.34. The van der Waals surface area contributed by atoms with Gasteiger partial charge in [0.2, 0.25) is 11.7 Å². The minimum absolute atomic E-state index is 0.177. The van der Waals surface area contributed by atoms with Crippen LogP contribution in [0.25, 0.3) is 11.5 Å². The number of hydrogen-bond acceptors (Lipinski definition) is 8. The Balaban J connectivity index is 1.45. The number of piperidine rings is 1. The number of pyridine rings is 2. The molecule has 4 rings (SSSR count). The molecule has 0 aliphatic carbocycles. The van der Waals surface area contributed by atoms with Crippen LogP contribution >= 0.6 is 0 Å². The molecule has 0 radical (unpaired) electrons. The predicted octanol–water partition coefficient (Wildman–Crippen LogP) is 3.09. The second-order valence-corrected chi connectivity index (χ2v) is 6.53. The molecular weight excluding hydrogens is 358 g/mol. The minimum atomic E-state index is -0.343. The highest BCUT2D eigenvalue weighted by atomic mass is 16.5. The molecule has 8 nitrogen and oxygen atoms in total. The van der Waals surface area contributed by atoms with E-state index in [9.17, 15) is 4.79 Å². The molecule has 4 heterocycles. The number of hydrogen-bond donors (Lipinski definition) is 0. The first-order valence-electron chi connectivity index (χ1n) is 9.38. The van der Waals surface area contributed by atoms with Crippen LogP contribution in [-0.2, 0) is 4.74 Å². The fourth-order valence-corrected chi connectivity index (χ4v) is 3.36. The van der Waals surface area contributed by atoms with Gasteiger partial charge in [-0.25, -0.2) is 9.78 Å². The second kappa shape index (κ2) is 8.16. The summed E-state index contributed by atoms with van der Waals surface area (Å²) in [5.74, 6) is 1.64. The maximum absolute atomic E-state index is 12.2. The van der Waals surface area contributed by atoms with Crippen LogP contribution in [0.15, 0.2) is 47.2 Å². The average molecular weight is 379 g/mol. The summed E-state index contributed by atoms with van der Waals surface area (Å²) in [4.78, 5) is 27.5. The molecule has 0 aromatic carbocycles. The molecule has 0 N–H and O–H groups in total. The first-order valence-corrected chi connectivity index (χ1v) is 9.38. The zero-order valence-corrected chi connectivity index (χ0v) is 15.6. The Bertz CT molecular complexity index is 936. The van der Waals surface area contributed by atoms with Crippen molar-refractivity contribution in [3.63, 3.8) is 0 Å². The van der Waals surface area contributed by atoms with E-state index in [0.29, 0.717) is 35.4 Å². The maximum Gasteiger partial charge on any atom is 0.341 e. The first-order chi connectivity index (χ1) is 13.8. The normalized spacial score (nSPS) is 14.8. The highest BCUT2D eigenvalue weighted by Gasteiger charge is 2.28.